The Hall–Kier alpha value is -0.0400. The molecule has 1 aliphatic rings. The molecule has 3 unspecified atom stereocenters. The first-order chi connectivity index (χ1) is 4.58. The molecule has 0 saturated heterocycles. The second-order valence-corrected chi connectivity index (χ2v) is 3.85. The lowest BCUT2D eigenvalue weighted by Gasteiger charge is -2.24. The Balaban J connectivity index is 2.58. The first kappa shape index (κ1) is 8.06. The van der Waals surface area contributed by atoms with E-state index in [2.05, 4.69) is 13.8 Å². The van der Waals surface area contributed by atoms with Crippen LogP contribution in [0.3, 0.4) is 0 Å². The van der Waals surface area contributed by atoms with Crippen molar-refractivity contribution in [1.29, 1.82) is 0 Å². The van der Waals surface area contributed by atoms with Crippen LogP contribution < -0.4 is 0 Å². The number of rotatable bonds is 1. The van der Waals surface area contributed by atoms with Crippen LogP contribution in [0.15, 0.2) is 0 Å². The van der Waals surface area contributed by atoms with Crippen molar-refractivity contribution >= 4 is 0 Å². The van der Waals surface area contributed by atoms with E-state index in [0.717, 1.165) is 12.3 Å². The van der Waals surface area contributed by atoms with E-state index in [0.29, 0.717) is 5.92 Å². The van der Waals surface area contributed by atoms with Crippen molar-refractivity contribution in [1.82, 2.24) is 0 Å². The molecule has 0 aromatic heterocycles. The summed E-state index contributed by atoms with van der Waals surface area (Å²) in [4.78, 5) is 0. The molecule has 0 aromatic carbocycles. The van der Waals surface area contributed by atoms with Crippen molar-refractivity contribution in [3.8, 4) is 0 Å². The summed E-state index contributed by atoms with van der Waals surface area (Å²) in [6.07, 6.45) is 3.43. The van der Waals surface area contributed by atoms with Crippen LogP contribution in [-0.4, -0.2) is 10.7 Å². The van der Waals surface area contributed by atoms with Crippen molar-refractivity contribution in [2.45, 2.75) is 45.6 Å². The molecule has 1 N–H and O–H groups in total. The summed E-state index contributed by atoms with van der Waals surface area (Å²) in [7, 11) is 0. The lowest BCUT2D eigenvalue weighted by Crippen LogP contribution is -2.29. The Morgan fingerprint density at radius 2 is 2.20 bits per heavy atom. The van der Waals surface area contributed by atoms with E-state index in [9.17, 15) is 5.11 Å². The van der Waals surface area contributed by atoms with Crippen LogP contribution in [0.1, 0.15) is 40.0 Å². The first-order valence-corrected chi connectivity index (χ1v) is 4.30. The maximum Gasteiger partial charge on any atom is 0.0647 e. The summed E-state index contributed by atoms with van der Waals surface area (Å²) < 4.78 is 0. The van der Waals surface area contributed by atoms with Crippen molar-refractivity contribution in [2.75, 3.05) is 0 Å². The van der Waals surface area contributed by atoms with Crippen LogP contribution in [0.2, 0.25) is 0 Å². The van der Waals surface area contributed by atoms with Crippen LogP contribution in [-0.2, 0) is 0 Å². The minimum atomic E-state index is -0.374. The summed E-state index contributed by atoms with van der Waals surface area (Å²) in [5, 5.41) is 9.76. The normalized spacial score (nSPS) is 48.0. The van der Waals surface area contributed by atoms with E-state index < -0.39 is 0 Å². The largest absolute Gasteiger partial charge is 0.390 e. The Kier molecular flexibility index (Phi) is 2.04. The molecule has 0 spiro atoms. The van der Waals surface area contributed by atoms with Gasteiger partial charge in [-0.1, -0.05) is 20.3 Å². The molecule has 0 amide bonds. The third kappa shape index (κ3) is 1.20. The quantitative estimate of drug-likeness (QED) is 0.595. The highest BCUT2D eigenvalue weighted by Gasteiger charge is 2.39. The van der Waals surface area contributed by atoms with Gasteiger partial charge in [0, 0.05) is 0 Å². The van der Waals surface area contributed by atoms with Gasteiger partial charge < -0.3 is 5.11 Å². The topological polar surface area (TPSA) is 20.2 Å². The van der Waals surface area contributed by atoms with Gasteiger partial charge in [-0.25, -0.2) is 0 Å². The fourth-order valence-corrected chi connectivity index (χ4v) is 2.02. The zero-order valence-electron chi connectivity index (χ0n) is 7.22. The minimum Gasteiger partial charge on any atom is -0.390 e. The van der Waals surface area contributed by atoms with Gasteiger partial charge in [0.1, 0.15) is 0 Å². The van der Waals surface area contributed by atoms with E-state index in [1.807, 2.05) is 6.92 Å². The third-order valence-electron chi connectivity index (χ3n) is 3.23. The van der Waals surface area contributed by atoms with Gasteiger partial charge in [-0.15, -0.1) is 0 Å². The summed E-state index contributed by atoms with van der Waals surface area (Å²) in [6, 6.07) is 0. The Morgan fingerprint density at radius 3 is 2.40 bits per heavy atom. The van der Waals surface area contributed by atoms with Gasteiger partial charge in [-0.05, 0) is 31.6 Å². The molecule has 0 heterocycles. The molecule has 0 bridgehead atoms. The molecule has 60 valence electrons. The van der Waals surface area contributed by atoms with Gasteiger partial charge in [-0.2, -0.15) is 0 Å². The molecule has 0 radical (unpaired) electrons. The zero-order chi connectivity index (χ0) is 7.78. The molecule has 0 aliphatic heterocycles. The predicted octanol–water partition coefficient (Wildman–Crippen LogP) is 2.19. The molecule has 0 aromatic rings. The van der Waals surface area contributed by atoms with Crippen LogP contribution in [0.5, 0.6) is 0 Å². The fraction of sp³-hybridized carbons (Fsp3) is 1.00. The van der Waals surface area contributed by atoms with Crippen molar-refractivity contribution in [3.63, 3.8) is 0 Å². The number of hydrogen-bond acceptors (Lipinski definition) is 1. The molecular formula is C9H18O. The molecule has 1 fully saturated rings. The monoisotopic (exact) mass is 142 g/mol. The van der Waals surface area contributed by atoms with E-state index >= 15 is 0 Å². The van der Waals surface area contributed by atoms with Gasteiger partial charge in [0.25, 0.3) is 0 Å². The average molecular weight is 142 g/mol. The van der Waals surface area contributed by atoms with E-state index in [1.165, 1.54) is 12.8 Å². The second-order valence-electron chi connectivity index (χ2n) is 3.85. The maximum absolute atomic E-state index is 9.76. The van der Waals surface area contributed by atoms with E-state index in [1.54, 1.807) is 0 Å². The molecule has 1 rings (SSSR count). The average Bonchev–Trinajstić information content (AvgIpc) is 2.10. The molecule has 1 aliphatic carbocycles. The van der Waals surface area contributed by atoms with E-state index in [-0.39, 0.29) is 5.60 Å². The molecule has 1 saturated carbocycles. The van der Waals surface area contributed by atoms with Crippen LogP contribution in [0, 0.1) is 11.8 Å². The van der Waals surface area contributed by atoms with E-state index in [4.69, 9.17) is 0 Å². The first-order valence-electron chi connectivity index (χ1n) is 4.30. The lowest BCUT2D eigenvalue weighted by molar-refractivity contribution is 0.0181. The lowest BCUT2D eigenvalue weighted by atomic mass is 9.88. The zero-order valence-corrected chi connectivity index (χ0v) is 7.22. The predicted molar refractivity (Wildman–Crippen MR) is 42.8 cm³/mol. The Labute approximate surface area is 63.4 Å². The highest BCUT2D eigenvalue weighted by Crippen LogP contribution is 2.41. The van der Waals surface area contributed by atoms with Crippen molar-refractivity contribution in [3.05, 3.63) is 0 Å². The van der Waals surface area contributed by atoms with Gasteiger partial charge in [0.2, 0.25) is 0 Å². The summed E-state index contributed by atoms with van der Waals surface area (Å²) >= 11 is 0. The molecule has 1 nitrogen and oxygen atoms in total. The van der Waals surface area contributed by atoms with Crippen molar-refractivity contribution < 1.29 is 5.11 Å². The van der Waals surface area contributed by atoms with Crippen LogP contribution >= 0.6 is 0 Å². The van der Waals surface area contributed by atoms with Gasteiger partial charge in [-0.3, -0.25) is 0 Å². The standard InChI is InChI=1S/C9H18O/c1-4-8-5-6-9(3,10)7(8)2/h7-8,10H,4-6H2,1-3H3. The summed E-state index contributed by atoms with van der Waals surface area (Å²) in [5.74, 6) is 1.26. The maximum atomic E-state index is 9.76. The molecule has 3 atom stereocenters. The second kappa shape index (κ2) is 2.54. The molecule has 1 heteroatoms. The Morgan fingerprint density at radius 1 is 1.60 bits per heavy atom. The van der Waals surface area contributed by atoms with Gasteiger partial charge in [0.15, 0.2) is 0 Å². The minimum absolute atomic E-state index is 0.374. The highest BCUT2D eigenvalue weighted by atomic mass is 16.3. The van der Waals surface area contributed by atoms with Gasteiger partial charge >= 0.3 is 0 Å². The summed E-state index contributed by atoms with van der Waals surface area (Å²) in [5.41, 5.74) is -0.374. The Bertz CT molecular complexity index is 118. The van der Waals surface area contributed by atoms with Crippen LogP contribution in [0.4, 0.5) is 0 Å². The van der Waals surface area contributed by atoms with Crippen molar-refractivity contribution in [2.24, 2.45) is 11.8 Å². The SMILES string of the molecule is CCC1CCC(C)(O)C1C. The number of aliphatic hydroxyl groups is 1. The summed E-state index contributed by atoms with van der Waals surface area (Å²) in [6.45, 7) is 6.34. The number of hydrogen-bond donors (Lipinski definition) is 1. The van der Waals surface area contributed by atoms with Crippen LogP contribution in [0.25, 0.3) is 0 Å². The van der Waals surface area contributed by atoms with Gasteiger partial charge in [0.05, 0.1) is 5.60 Å². The fourth-order valence-electron chi connectivity index (χ4n) is 2.02. The smallest absolute Gasteiger partial charge is 0.0647 e. The molecule has 10 heavy (non-hydrogen) atoms. The third-order valence-corrected chi connectivity index (χ3v) is 3.23. The molecular weight excluding hydrogens is 124 g/mol. The highest BCUT2D eigenvalue weighted by molar-refractivity contribution is 4.90.